The van der Waals surface area contributed by atoms with Crippen molar-refractivity contribution in [1.29, 1.82) is 0 Å². The second-order valence-electron chi connectivity index (χ2n) is 4.50. The number of hydrogen-bond acceptors (Lipinski definition) is 2. The molecule has 0 aliphatic heterocycles. The van der Waals surface area contributed by atoms with Gasteiger partial charge in [-0.2, -0.15) is 0 Å². The summed E-state index contributed by atoms with van der Waals surface area (Å²) in [5.74, 6) is -0.561. The van der Waals surface area contributed by atoms with Crippen LogP contribution in [-0.4, -0.2) is 17.6 Å². The fraction of sp³-hybridized carbons (Fsp3) is 0.500. The standard InChI is InChI=1S/C14H21NO2/c1-3-12-4-6-13(7-5-12)10-15-9-11(2)8-14(16)17/h4-7,11,15H,3,8-10H2,1-2H3,(H,16,17). The van der Waals surface area contributed by atoms with Crippen LogP contribution in [0.5, 0.6) is 0 Å². The predicted octanol–water partition coefficient (Wildman–Crippen LogP) is 2.45. The molecule has 0 saturated heterocycles. The van der Waals surface area contributed by atoms with Crippen molar-refractivity contribution < 1.29 is 9.90 Å². The lowest BCUT2D eigenvalue weighted by atomic mass is 10.1. The third-order valence-corrected chi connectivity index (χ3v) is 2.78. The van der Waals surface area contributed by atoms with Gasteiger partial charge in [0.05, 0.1) is 0 Å². The van der Waals surface area contributed by atoms with Gasteiger partial charge in [-0.1, -0.05) is 38.1 Å². The van der Waals surface area contributed by atoms with Gasteiger partial charge in [-0.05, 0) is 30.0 Å². The molecule has 0 aliphatic carbocycles. The molecule has 0 heterocycles. The molecule has 1 unspecified atom stereocenters. The maximum absolute atomic E-state index is 10.5. The van der Waals surface area contributed by atoms with E-state index in [0.29, 0.717) is 0 Å². The van der Waals surface area contributed by atoms with Gasteiger partial charge in [0.15, 0.2) is 0 Å². The summed E-state index contributed by atoms with van der Waals surface area (Å²) in [6.07, 6.45) is 1.28. The van der Waals surface area contributed by atoms with E-state index in [0.717, 1.165) is 19.5 Å². The molecule has 3 heteroatoms. The maximum atomic E-state index is 10.5. The van der Waals surface area contributed by atoms with Crippen molar-refractivity contribution in [1.82, 2.24) is 5.32 Å². The Hall–Kier alpha value is -1.35. The first kappa shape index (κ1) is 13.7. The molecule has 17 heavy (non-hydrogen) atoms. The molecule has 1 atom stereocenters. The van der Waals surface area contributed by atoms with Crippen molar-refractivity contribution in [3.8, 4) is 0 Å². The van der Waals surface area contributed by atoms with Crippen LogP contribution in [0.4, 0.5) is 0 Å². The summed E-state index contributed by atoms with van der Waals surface area (Å²) in [5.41, 5.74) is 2.58. The van der Waals surface area contributed by atoms with Crippen LogP contribution >= 0.6 is 0 Å². The highest BCUT2D eigenvalue weighted by Gasteiger charge is 2.06. The zero-order valence-electron chi connectivity index (χ0n) is 10.6. The number of carboxylic acid groups (broad SMARTS) is 1. The maximum Gasteiger partial charge on any atom is 0.303 e. The Labute approximate surface area is 103 Å². The first-order valence-corrected chi connectivity index (χ1v) is 6.12. The summed E-state index contributed by atoms with van der Waals surface area (Å²) in [6, 6.07) is 8.51. The van der Waals surface area contributed by atoms with Crippen LogP contribution in [0.3, 0.4) is 0 Å². The van der Waals surface area contributed by atoms with Gasteiger partial charge in [0.25, 0.3) is 0 Å². The molecule has 0 aromatic heterocycles. The number of carbonyl (C=O) groups is 1. The van der Waals surface area contributed by atoms with Crippen LogP contribution in [0, 0.1) is 5.92 Å². The molecule has 0 saturated carbocycles. The van der Waals surface area contributed by atoms with Crippen LogP contribution in [0.2, 0.25) is 0 Å². The first-order valence-electron chi connectivity index (χ1n) is 6.12. The highest BCUT2D eigenvalue weighted by molar-refractivity contribution is 5.66. The van der Waals surface area contributed by atoms with Crippen LogP contribution in [0.25, 0.3) is 0 Å². The number of carboxylic acids is 1. The topological polar surface area (TPSA) is 49.3 Å². The van der Waals surface area contributed by atoms with E-state index in [4.69, 9.17) is 5.11 Å². The van der Waals surface area contributed by atoms with E-state index in [1.54, 1.807) is 0 Å². The van der Waals surface area contributed by atoms with E-state index in [1.165, 1.54) is 11.1 Å². The van der Waals surface area contributed by atoms with Crippen molar-refractivity contribution >= 4 is 5.97 Å². The van der Waals surface area contributed by atoms with Crippen LogP contribution in [-0.2, 0) is 17.8 Å². The zero-order chi connectivity index (χ0) is 12.7. The Balaban J connectivity index is 2.28. The molecule has 94 valence electrons. The molecule has 0 fully saturated rings. The number of rotatable bonds is 7. The molecule has 1 rings (SSSR count). The van der Waals surface area contributed by atoms with E-state index in [9.17, 15) is 4.79 Å². The number of benzene rings is 1. The predicted molar refractivity (Wildman–Crippen MR) is 68.9 cm³/mol. The van der Waals surface area contributed by atoms with Gasteiger partial charge in [-0.15, -0.1) is 0 Å². The quantitative estimate of drug-likeness (QED) is 0.763. The number of aliphatic carboxylic acids is 1. The molecule has 1 aromatic rings. The van der Waals surface area contributed by atoms with E-state index in [-0.39, 0.29) is 12.3 Å². The Morgan fingerprint density at radius 1 is 1.29 bits per heavy atom. The minimum atomic E-state index is -0.730. The normalized spacial score (nSPS) is 12.4. The van der Waals surface area contributed by atoms with Crippen LogP contribution in [0.1, 0.15) is 31.4 Å². The van der Waals surface area contributed by atoms with Crippen LogP contribution < -0.4 is 5.32 Å². The minimum Gasteiger partial charge on any atom is -0.481 e. The Morgan fingerprint density at radius 3 is 2.41 bits per heavy atom. The average Bonchev–Trinajstić information content (AvgIpc) is 2.29. The highest BCUT2D eigenvalue weighted by Crippen LogP contribution is 2.05. The van der Waals surface area contributed by atoms with Gasteiger partial charge in [-0.3, -0.25) is 4.79 Å². The average molecular weight is 235 g/mol. The minimum absolute atomic E-state index is 0.169. The number of nitrogens with one attached hydrogen (secondary N) is 1. The third kappa shape index (κ3) is 5.50. The molecule has 1 aromatic carbocycles. The molecule has 2 N–H and O–H groups in total. The molecule has 3 nitrogen and oxygen atoms in total. The van der Waals surface area contributed by atoms with Crippen molar-refractivity contribution in [3.05, 3.63) is 35.4 Å². The molecule has 0 aliphatic rings. The van der Waals surface area contributed by atoms with Crippen molar-refractivity contribution in [3.63, 3.8) is 0 Å². The fourth-order valence-electron chi connectivity index (χ4n) is 1.73. The lowest BCUT2D eigenvalue weighted by molar-refractivity contribution is -0.137. The summed E-state index contributed by atoms with van der Waals surface area (Å²) < 4.78 is 0. The second-order valence-corrected chi connectivity index (χ2v) is 4.50. The van der Waals surface area contributed by atoms with Gasteiger partial charge in [-0.25, -0.2) is 0 Å². The summed E-state index contributed by atoms with van der Waals surface area (Å²) in [4.78, 5) is 10.5. The van der Waals surface area contributed by atoms with Crippen molar-refractivity contribution in [2.45, 2.75) is 33.2 Å². The number of hydrogen-bond donors (Lipinski definition) is 2. The zero-order valence-corrected chi connectivity index (χ0v) is 10.6. The summed E-state index contributed by atoms with van der Waals surface area (Å²) in [6.45, 7) is 5.62. The van der Waals surface area contributed by atoms with Gasteiger partial charge in [0.1, 0.15) is 0 Å². The smallest absolute Gasteiger partial charge is 0.303 e. The fourth-order valence-corrected chi connectivity index (χ4v) is 1.73. The Morgan fingerprint density at radius 2 is 1.88 bits per heavy atom. The van der Waals surface area contributed by atoms with Gasteiger partial charge >= 0.3 is 5.97 Å². The highest BCUT2D eigenvalue weighted by atomic mass is 16.4. The summed E-state index contributed by atoms with van der Waals surface area (Å²) in [5, 5.41) is 11.9. The summed E-state index contributed by atoms with van der Waals surface area (Å²) in [7, 11) is 0. The van der Waals surface area contributed by atoms with Crippen molar-refractivity contribution in [2.24, 2.45) is 5.92 Å². The first-order chi connectivity index (χ1) is 8.11. The SMILES string of the molecule is CCc1ccc(CNCC(C)CC(=O)O)cc1. The van der Waals surface area contributed by atoms with Gasteiger partial charge in [0.2, 0.25) is 0 Å². The molecule has 0 amide bonds. The van der Waals surface area contributed by atoms with E-state index < -0.39 is 5.97 Å². The molecular formula is C14H21NO2. The molecule has 0 radical (unpaired) electrons. The van der Waals surface area contributed by atoms with Gasteiger partial charge in [0, 0.05) is 13.0 Å². The van der Waals surface area contributed by atoms with E-state index >= 15 is 0 Å². The van der Waals surface area contributed by atoms with Gasteiger partial charge < -0.3 is 10.4 Å². The Kier molecular flexibility index (Phi) is 5.70. The Bertz CT molecular complexity index is 346. The van der Waals surface area contributed by atoms with E-state index in [1.807, 2.05) is 6.92 Å². The molecule has 0 spiro atoms. The lowest BCUT2D eigenvalue weighted by Gasteiger charge is -2.10. The molecule has 0 bridgehead atoms. The third-order valence-electron chi connectivity index (χ3n) is 2.78. The van der Waals surface area contributed by atoms with E-state index in [2.05, 4.69) is 36.5 Å². The largest absolute Gasteiger partial charge is 0.481 e. The van der Waals surface area contributed by atoms with Crippen molar-refractivity contribution in [2.75, 3.05) is 6.54 Å². The summed E-state index contributed by atoms with van der Waals surface area (Å²) >= 11 is 0. The monoisotopic (exact) mass is 235 g/mol. The second kappa shape index (κ2) is 7.07. The molecular weight excluding hydrogens is 214 g/mol. The lowest BCUT2D eigenvalue weighted by Crippen LogP contribution is -2.22. The van der Waals surface area contributed by atoms with Crippen LogP contribution in [0.15, 0.2) is 24.3 Å². The number of aryl methyl sites for hydroxylation is 1.